The Hall–Kier alpha value is -2.29. The molecule has 0 radical (unpaired) electrons. The molecule has 0 aliphatic rings. The maximum absolute atomic E-state index is 11.9. The van der Waals surface area contributed by atoms with Crippen molar-refractivity contribution in [2.45, 2.75) is 46.5 Å². The summed E-state index contributed by atoms with van der Waals surface area (Å²) in [6, 6.07) is 14.6. The van der Waals surface area contributed by atoms with Gasteiger partial charge in [-0.15, -0.1) is 0 Å². The third-order valence-corrected chi connectivity index (χ3v) is 4.22. The van der Waals surface area contributed by atoms with E-state index in [-0.39, 0.29) is 5.91 Å². The number of unbranched alkanes of at least 4 members (excludes halogenated alkanes) is 1. The number of ether oxygens (including phenoxy) is 1. The van der Waals surface area contributed by atoms with Crippen LogP contribution in [0.3, 0.4) is 0 Å². The largest absolute Gasteiger partial charge is 0.493 e. The molecule has 2 rings (SSSR count). The molecule has 1 N–H and O–H groups in total. The number of carbonyl (C=O) groups excluding carboxylic acids is 1. The molecule has 134 valence electrons. The second-order valence-corrected chi connectivity index (χ2v) is 6.66. The fourth-order valence-corrected chi connectivity index (χ4v) is 2.73. The maximum Gasteiger partial charge on any atom is 0.220 e. The molecule has 0 atom stereocenters. The third kappa shape index (κ3) is 7.00. The maximum atomic E-state index is 11.9. The molecule has 3 heteroatoms. The minimum Gasteiger partial charge on any atom is -0.493 e. The topological polar surface area (TPSA) is 38.3 Å². The molecule has 0 aromatic heterocycles. The summed E-state index contributed by atoms with van der Waals surface area (Å²) in [5, 5.41) is 3.00. The SMILES string of the molecule is Cc1cccc(CCNC(=O)CCCCOc2cc(C)ccc2C)c1. The second kappa shape index (κ2) is 9.87. The Bertz CT molecular complexity index is 694. The van der Waals surface area contributed by atoms with E-state index in [1.807, 2.05) is 0 Å². The average molecular weight is 339 g/mol. The van der Waals surface area contributed by atoms with E-state index in [0.717, 1.165) is 30.6 Å². The number of hydrogen-bond donors (Lipinski definition) is 1. The van der Waals surface area contributed by atoms with Gasteiger partial charge in [-0.25, -0.2) is 0 Å². The molecular formula is C22H29NO2. The molecular weight excluding hydrogens is 310 g/mol. The van der Waals surface area contributed by atoms with Crippen molar-refractivity contribution < 1.29 is 9.53 Å². The molecule has 0 fully saturated rings. The number of aryl methyl sites for hydroxylation is 3. The van der Waals surface area contributed by atoms with Crippen LogP contribution in [0.15, 0.2) is 42.5 Å². The normalized spacial score (nSPS) is 10.5. The van der Waals surface area contributed by atoms with Crippen LogP contribution in [-0.2, 0) is 11.2 Å². The molecule has 2 aromatic rings. The second-order valence-electron chi connectivity index (χ2n) is 6.66. The quantitative estimate of drug-likeness (QED) is 0.682. The highest BCUT2D eigenvalue weighted by Crippen LogP contribution is 2.19. The zero-order valence-corrected chi connectivity index (χ0v) is 15.6. The van der Waals surface area contributed by atoms with Crippen molar-refractivity contribution in [3.8, 4) is 5.75 Å². The molecule has 2 aromatic carbocycles. The van der Waals surface area contributed by atoms with Crippen molar-refractivity contribution in [3.05, 3.63) is 64.7 Å². The summed E-state index contributed by atoms with van der Waals surface area (Å²) in [6.07, 6.45) is 3.17. The van der Waals surface area contributed by atoms with E-state index in [2.05, 4.69) is 68.6 Å². The summed E-state index contributed by atoms with van der Waals surface area (Å²) < 4.78 is 5.82. The van der Waals surface area contributed by atoms with Crippen LogP contribution in [-0.4, -0.2) is 19.1 Å². The molecule has 0 heterocycles. The zero-order chi connectivity index (χ0) is 18.1. The van der Waals surface area contributed by atoms with Crippen molar-refractivity contribution in [3.63, 3.8) is 0 Å². The summed E-state index contributed by atoms with van der Waals surface area (Å²) in [5.74, 6) is 1.07. The number of rotatable bonds is 9. The van der Waals surface area contributed by atoms with Gasteiger partial charge in [0, 0.05) is 13.0 Å². The van der Waals surface area contributed by atoms with Crippen LogP contribution in [0.4, 0.5) is 0 Å². The lowest BCUT2D eigenvalue weighted by molar-refractivity contribution is -0.121. The molecule has 0 unspecified atom stereocenters. The van der Waals surface area contributed by atoms with E-state index in [0.29, 0.717) is 19.6 Å². The predicted octanol–water partition coefficient (Wildman–Crippen LogP) is 4.52. The van der Waals surface area contributed by atoms with E-state index in [1.54, 1.807) is 0 Å². The van der Waals surface area contributed by atoms with Gasteiger partial charge in [-0.3, -0.25) is 4.79 Å². The molecule has 0 aliphatic heterocycles. The summed E-state index contributed by atoms with van der Waals surface area (Å²) in [7, 11) is 0. The monoisotopic (exact) mass is 339 g/mol. The van der Waals surface area contributed by atoms with E-state index in [1.165, 1.54) is 16.7 Å². The van der Waals surface area contributed by atoms with Crippen LogP contribution in [0.5, 0.6) is 5.75 Å². The van der Waals surface area contributed by atoms with Gasteiger partial charge in [0.2, 0.25) is 5.91 Å². The summed E-state index contributed by atoms with van der Waals surface area (Å²) in [4.78, 5) is 11.9. The Morgan fingerprint density at radius 2 is 1.80 bits per heavy atom. The van der Waals surface area contributed by atoms with Crippen molar-refractivity contribution in [1.82, 2.24) is 5.32 Å². The lowest BCUT2D eigenvalue weighted by Crippen LogP contribution is -2.25. The fourth-order valence-electron chi connectivity index (χ4n) is 2.73. The first-order valence-electron chi connectivity index (χ1n) is 9.07. The Kier molecular flexibility index (Phi) is 7.52. The van der Waals surface area contributed by atoms with Crippen molar-refractivity contribution in [2.24, 2.45) is 0 Å². The molecule has 0 saturated carbocycles. The van der Waals surface area contributed by atoms with Gasteiger partial charge < -0.3 is 10.1 Å². The molecule has 3 nitrogen and oxygen atoms in total. The third-order valence-electron chi connectivity index (χ3n) is 4.22. The molecule has 1 amide bonds. The molecule has 25 heavy (non-hydrogen) atoms. The number of nitrogens with one attached hydrogen (secondary N) is 1. The Morgan fingerprint density at radius 1 is 1.00 bits per heavy atom. The van der Waals surface area contributed by atoms with Crippen LogP contribution >= 0.6 is 0 Å². The number of benzene rings is 2. The van der Waals surface area contributed by atoms with Gasteiger partial charge in [0.25, 0.3) is 0 Å². The van der Waals surface area contributed by atoms with Crippen LogP contribution in [0.25, 0.3) is 0 Å². The van der Waals surface area contributed by atoms with Crippen molar-refractivity contribution >= 4 is 5.91 Å². The van der Waals surface area contributed by atoms with E-state index in [9.17, 15) is 4.79 Å². The predicted molar refractivity (Wildman–Crippen MR) is 103 cm³/mol. The van der Waals surface area contributed by atoms with Crippen LogP contribution in [0.2, 0.25) is 0 Å². The zero-order valence-electron chi connectivity index (χ0n) is 15.6. The van der Waals surface area contributed by atoms with Gasteiger partial charge in [0.1, 0.15) is 5.75 Å². The standard InChI is InChI=1S/C22H29NO2/c1-17-7-6-8-20(15-17)12-13-23-22(24)9-4-5-14-25-21-16-18(2)10-11-19(21)3/h6-8,10-11,15-16H,4-5,9,12-14H2,1-3H3,(H,23,24). The van der Waals surface area contributed by atoms with Gasteiger partial charge in [0.15, 0.2) is 0 Å². The first-order chi connectivity index (χ1) is 12.0. The van der Waals surface area contributed by atoms with Gasteiger partial charge in [-0.05, 0) is 62.8 Å². The Balaban J connectivity index is 1.57. The van der Waals surface area contributed by atoms with Crippen LogP contribution in [0, 0.1) is 20.8 Å². The van der Waals surface area contributed by atoms with E-state index >= 15 is 0 Å². The molecule has 0 saturated heterocycles. The van der Waals surface area contributed by atoms with Gasteiger partial charge in [0.05, 0.1) is 6.61 Å². The molecule has 0 spiro atoms. The Labute approximate surface area is 151 Å². The van der Waals surface area contributed by atoms with Gasteiger partial charge in [-0.1, -0.05) is 42.0 Å². The van der Waals surface area contributed by atoms with Crippen LogP contribution in [0.1, 0.15) is 41.5 Å². The van der Waals surface area contributed by atoms with Crippen molar-refractivity contribution in [2.75, 3.05) is 13.2 Å². The van der Waals surface area contributed by atoms with E-state index in [4.69, 9.17) is 4.74 Å². The highest BCUT2D eigenvalue weighted by molar-refractivity contribution is 5.75. The summed E-state index contributed by atoms with van der Waals surface area (Å²) in [5.41, 5.74) is 4.88. The summed E-state index contributed by atoms with van der Waals surface area (Å²) in [6.45, 7) is 7.55. The van der Waals surface area contributed by atoms with Crippen LogP contribution < -0.4 is 10.1 Å². The first kappa shape index (κ1) is 19.0. The van der Waals surface area contributed by atoms with Crippen molar-refractivity contribution in [1.29, 1.82) is 0 Å². The Morgan fingerprint density at radius 3 is 2.60 bits per heavy atom. The highest BCUT2D eigenvalue weighted by Gasteiger charge is 2.03. The van der Waals surface area contributed by atoms with Gasteiger partial charge in [-0.2, -0.15) is 0 Å². The smallest absolute Gasteiger partial charge is 0.220 e. The summed E-state index contributed by atoms with van der Waals surface area (Å²) >= 11 is 0. The highest BCUT2D eigenvalue weighted by atomic mass is 16.5. The minimum absolute atomic E-state index is 0.124. The fraction of sp³-hybridized carbons (Fsp3) is 0.409. The van der Waals surface area contributed by atoms with Gasteiger partial charge >= 0.3 is 0 Å². The molecule has 0 bridgehead atoms. The lowest BCUT2D eigenvalue weighted by Gasteiger charge is -2.10. The number of amides is 1. The van der Waals surface area contributed by atoms with E-state index < -0.39 is 0 Å². The number of hydrogen-bond acceptors (Lipinski definition) is 2. The molecule has 0 aliphatic carbocycles. The lowest BCUT2D eigenvalue weighted by atomic mass is 10.1. The first-order valence-corrected chi connectivity index (χ1v) is 9.07. The average Bonchev–Trinajstić information content (AvgIpc) is 2.57. The minimum atomic E-state index is 0.124. The number of carbonyl (C=O) groups is 1.